The molecule has 0 aliphatic heterocycles. The normalized spacial score (nSPS) is 36.2. The van der Waals surface area contributed by atoms with Crippen molar-refractivity contribution in [2.45, 2.75) is 109 Å². The van der Waals surface area contributed by atoms with Crippen molar-refractivity contribution < 1.29 is 22.3 Å². The third-order valence-corrected chi connectivity index (χ3v) is 6.36. The van der Waals surface area contributed by atoms with E-state index in [0.29, 0.717) is 25.4 Å². The average molecular weight is 381 g/mol. The zero-order valence-corrected chi connectivity index (χ0v) is 16.4. The summed E-state index contributed by atoms with van der Waals surface area (Å²) in [7, 11) is 0. The van der Waals surface area contributed by atoms with E-state index in [1.165, 1.54) is 0 Å². The molecule has 2 saturated carbocycles. The minimum Gasteiger partial charge on any atom is -0.375 e. The number of hydrogen-bond acceptors (Lipinski definition) is 1. The molecule has 0 aromatic rings. The highest BCUT2D eigenvalue weighted by molar-refractivity contribution is 4.93. The van der Waals surface area contributed by atoms with Crippen molar-refractivity contribution in [1.29, 1.82) is 0 Å². The lowest BCUT2D eigenvalue weighted by Crippen LogP contribution is -2.45. The van der Waals surface area contributed by atoms with Crippen molar-refractivity contribution in [3.8, 4) is 0 Å². The van der Waals surface area contributed by atoms with E-state index in [1.54, 1.807) is 0 Å². The minimum atomic E-state index is -2.56. The van der Waals surface area contributed by atoms with Crippen molar-refractivity contribution in [2.24, 2.45) is 17.8 Å². The number of hydrogen-bond donors (Lipinski definition) is 0. The fourth-order valence-corrected chi connectivity index (χ4v) is 4.83. The first-order chi connectivity index (χ1) is 12.3. The molecule has 0 aromatic carbocycles. The summed E-state index contributed by atoms with van der Waals surface area (Å²) in [6.45, 7) is 3.45. The zero-order chi connectivity index (χ0) is 19.2. The van der Waals surface area contributed by atoms with Gasteiger partial charge in [0.25, 0.3) is 0 Å². The minimum absolute atomic E-state index is 0.0346. The fraction of sp³-hybridized carbons (Fsp3) is 1.00. The number of unbranched alkanes of at least 4 members (excludes halogenated alkanes) is 1. The van der Waals surface area contributed by atoms with Crippen LogP contribution in [0.1, 0.15) is 84.5 Å². The standard InChI is InChI=1S/C21H36F4O/c1-3-14-26-18-12-11-17(19(22)20(18)23)16-9-7-15(8-10-16)6-4-5-13-21(2,24)25/h15-20H,3-14H2,1-2H3. The van der Waals surface area contributed by atoms with Crippen LogP contribution < -0.4 is 0 Å². The van der Waals surface area contributed by atoms with Crippen LogP contribution in [0.4, 0.5) is 17.6 Å². The summed E-state index contributed by atoms with van der Waals surface area (Å²) in [6.07, 6.45) is 5.03. The molecular formula is C21H36F4O. The molecule has 2 rings (SSSR count). The van der Waals surface area contributed by atoms with Crippen LogP contribution in [0.2, 0.25) is 0 Å². The second kappa shape index (κ2) is 10.3. The van der Waals surface area contributed by atoms with Gasteiger partial charge < -0.3 is 4.74 Å². The van der Waals surface area contributed by atoms with Crippen LogP contribution in [0.15, 0.2) is 0 Å². The van der Waals surface area contributed by atoms with Crippen LogP contribution in [-0.2, 0) is 4.74 Å². The summed E-state index contributed by atoms with van der Waals surface area (Å²) >= 11 is 0. The maximum atomic E-state index is 14.6. The smallest absolute Gasteiger partial charge is 0.245 e. The van der Waals surface area contributed by atoms with Gasteiger partial charge in [0.2, 0.25) is 5.92 Å². The molecule has 0 saturated heterocycles. The molecule has 154 valence electrons. The third-order valence-electron chi connectivity index (χ3n) is 6.36. The van der Waals surface area contributed by atoms with E-state index in [4.69, 9.17) is 4.74 Å². The van der Waals surface area contributed by atoms with E-state index in [2.05, 4.69) is 0 Å². The summed E-state index contributed by atoms with van der Waals surface area (Å²) in [5, 5.41) is 0. The quantitative estimate of drug-likeness (QED) is 0.313. The first-order valence-electron chi connectivity index (χ1n) is 10.6. The Kier molecular flexibility index (Phi) is 8.69. The third kappa shape index (κ3) is 6.69. The van der Waals surface area contributed by atoms with Gasteiger partial charge >= 0.3 is 0 Å². The maximum Gasteiger partial charge on any atom is 0.245 e. The summed E-state index contributed by atoms with van der Waals surface area (Å²) in [6, 6.07) is 0. The molecule has 2 aliphatic rings. The van der Waals surface area contributed by atoms with Gasteiger partial charge in [0, 0.05) is 13.0 Å². The lowest BCUT2D eigenvalue weighted by molar-refractivity contribution is -0.0873. The van der Waals surface area contributed by atoms with Gasteiger partial charge in [-0.2, -0.15) is 0 Å². The molecule has 0 aromatic heterocycles. The van der Waals surface area contributed by atoms with Crippen molar-refractivity contribution in [2.75, 3.05) is 6.61 Å². The van der Waals surface area contributed by atoms with Crippen LogP contribution in [0.25, 0.3) is 0 Å². The van der Waals surface area contributed by atoms with Crippen molar-refractivity contribution in [3.05, 3.63) is 0 Å². The van der Waals surface area contributed by atoms with Gasteiger partial charge in [0.15, 0.2) is 6.17 Å². The Morgan fingerprint density at radius 2 is 1.62 bits per heavy atom. The Labute approximate surface area is 156 Å². The van der Waals surface area contributed by atoms with Crippen molar-refractivity contribution in [1.82, 2.24) is 0 Å². The van der Waals surface area contributed by atoms with E-state index in [1.807, 2.05) is 6.92 Å². The van der Waals surface area contributed by atoms with Crippen LogP contribution >= 0.6 is 0 Å². The van der Waals surface area contributed by atoms with Crippen LogP contribution in [-0.4, -0.2) is 31.0 Å². The largest absolute Gasteiger partial charge is 0.375 e. The predicted molar refractivity (Wildman–Crippen MR) is 97.1 cm³/mol. The summed E-state index contributed by atoms with van der Waals surface area (Å²) in [4.78, 5) is 0. The van der Waals surface area contributed by atoms with Crippen LogP contribution in [0, 0.1) is 17.8 Å². The second-order valence-electron chi connectivity index (χ2n) is 8.64. The van der Waals surface area contributed by atoms with Gasteiger partial charge in [-0.25, -0.2) is 17.6 Å². The molecule has 0 amide bonds. The molecule has 0 radical (unpaired) electrons. The molecular weight excluding hydrogens is 344 g/mol. The summed E-state index contributed by atoms with van der Waals surface area (Å²) in [5.41, 5.74) is 0. The molecule has 2 fully saturated rings. The monoisotopic (exact) mass is 380 g/mol. The van der Waals surface area contributed by atoms with Crippen LogP contribution in [0.5, 0.6) is 0 Å². The van der Waals surface area contributed by atoms with Gasteiger partial charge in [0.05, 0.1) is 6.10 Å². The van der Waals surface area contributed by atoms with Gasteiger partial charge in [-0.1, -0.05) is 32.6 Å². The molecule has 1 nitrogen and oxygen atoms in total. The molecule has 0 spiro atoms. The van der Waals surface area contributed by atoms with Gasteiger partial charge in [-0.05, 0) is 63.2 Å². The van der Waals surface area contributed by atoms with Gasteiger partial charge in [-0.3, -0.25) is 0 Å². The highest BCUT2D eigenvalue weighted by Gasteiger charge is 2.44. The Balaban J connectivity index is 1.69. The average Bonchev–Trinajstić information content (AvgIpc) is 2.60. The molecule has 4 atom stereocenters. The van der Waals surface area contributed by atoms with E-state index in [-0.39, 0.29) is 18.3 Å². The fourth-order valence-electron chi connectivity index (χ4n) is 4.83. The van der Waals surface area contributed by atoms with Gasteiger partial charge in [0.1, 0.15) is 6.17 Å². The highest BCUT2D eigenvalue weighted by Crippen LogP contribution is 2.43. The molecule has 0 heterocycles. The number of rotatable bonds is 9. The van der Waals surface area contributed by atoms with E-state index in [0.717, 1.165) is 58.3 Å². The lowest BCUT2D eigenvalue weighted by Gasteiger charge is -2.41. The first-order valence-corrected chi connectivity index (χ1v) is 10.6. The van der Waals surface area contributed by atoms with Crippen molar-refractivity contribution >= 4 is 0 Å². The SMILES string of the molecule is CCCOC1CCC(C2CCC(CCCCC(C)(F)F)CC2)C(F)C1F. The molecule has 0 bridgehead atoms. The Hall–Kier alpha value is -0.320. The van der Waals surface area contributed by atoms with E-state index < -0.39 is 24.4 Å². The van der Waals surface area contributed by atoms with Gasteiger partial charge in [-0.15, -0.1) is 0 Å². The topological polar surface area (TPSA) is 9.23 Å². The maximum absolute atomic E-state index is 14.6. The molecule has 26 heavy (non-hydrogen) atoms. The Bertz CT molecular complexity index is 390. The second-order valence-corrected chi connectivity index (χ2v) is 8.64. The summed E-state index contributed by atoms with van der Waals surface area (Å²) in [5.74, 6) is -1.89. The predicted octanol–water partition coefficient (Wildman–Crippen LogP) is 6.89. The lowest BCUT2D eigenvalue weighted by atomic mass is 9.68. The van der Waals surface area contributed by atoms with E-state index >= 15 is 0 Å². The van der Waals surface area contributed by atoms with Crippen molar-refractivity contribution in [3.63, 3.8) is 0 Å². The molecule has 5 heteroatoms. The number of alkyl halides is 4. The zero-order valence-electron chi connectivity index (χ0n) is 16.4. The molecule has 4 unspecified atom stereocenters. The van der Waals surface area contributed by atoms with E-state index in [9.17, 15) is 17.6 Å². The van der Waals surface area contributed by atoms with Crippen LogP contribution in [0.3, 0.4) is 0 Å². The Morgan fingerprint density at radius 3 is 2.23 bits per heavy atom. The molecule has 0 N–H and O–H groups in total. The summed E-state index contributed by atoms with van der Waals surface area (Å²) < 4.78 is 60.2. The number of ether oxygens (including phenoxy) is 1. The molecule has 2 aliphatic carbocycles. The highest BCUT2D eigenvalue weighted by atomic mass is 19.3. The Morgan fingerprint density at radius 1 is 0.923 bits per heavy atom. The number of halogens is 4. The first kappa shape index (κ1) is 22.0.